The molecule has 128 valence electrons. The van der Waals surface area contributed by atoms with Crippen LogP contribution in [0.2, 0.25) is 0 Å². The lowest BCUT2D eigenvalue weighted by Crippen LogP contribution is -3.13. The van der Waals surface area contributed by atoms with Crippen molar-refractivity contribution >= 4 is 16.9 Å². The fourth-order valence-electron chi connectivity index (χ4n) is 4.25. The molecule has 3 atom stereocenters. The Kier molecular flexibility index (Phi) is 4.86. The van der Waals surface area contributed by atoms with Crippen LogP contribution < -0.4 is 4.90 Å². The van der Waals surface area contributed by atoms with Crippen molar-refractivity contribution in [3.8, 4) is 0 Å². The molecule has 4 heteroatoms. The summed E-state index contributed by atoms with van der Waals surface area (Å²) in [5.41, 5.74) is 3.44. The molecule has 2 aromatic rings. The van der Waals surface area contributed by atoms with Crippen molar-refractivity contribution in [3.05, 3.63) is 41.1 Å². The molecule has 1 aromatic heterocycles. The van der Waals surface area contributed by atoms with E-state index in [1.807, 2.05) is 31.2 Å². The molecule has 3 rings (SSSR count). The number of ether oxygens (including phenoxy) is 1. The zero-order chi connectivity index (χ0) is 17.3. The lowest BCUT2D eigenvalue weighted by molar-refractivity contribution is -0.926. The number of nitrogens with one attached hydrogen (secondary N) is 1. The number of quaternary nitrogens is 1. The van der Waals surface area contributed by atoms with Crippen molar-refractivity contribution in [1.29, 1.82) is 0 Å². The number of rotatable bonds is 3. The van der Waals surface area contributed by atoms with Gasteiger partial charge in [0.05, 0.1) is 31.3 Å². The molecule has 1 unspecified atom stereocenters. The van der Waals surface area contributed by atoms with Crippen molar-refractivity contribution in [3.63, 3.8) is 0 Å². The minimum absolute atomic E-state index is 0.279. The van der Waals surface area contributed by atoms with Crippen LogP contribution in [-0.4, -0.2) is 31.2 Å². The summed E-state index contributed by atoms with van der Waals surface area (Å²) in [6.45, 7) is 9.68. The Labute approximate surface area is 143 Å². The van der Waals surface area contributed by atoms with Crippen LogP contribution in [0.15, 0.2) is 24.3 Å². The number of carbonyl (C=O) groups excluding carboxylic acids is 1. The molecule has 1 N–H and O–H groups in total. The number of benzene rings is 1. The summed E-state index contributed by atoms with van der Waals surface area (Å²) in [6.07, 6.45) is 1.29. The largest absolute Gasteiger partial charge is 0.465 e. The van der Waals surface area contributed by atoms with Gasteiger partial charge in [-0.3, -0.25) is 0 Å². The molecule has 0 bridgehead atoms. The topological polar surface area (TPSA) is 43.6 Å². The van der Waals surface area contributed by atoms with E-state index >= 15 is 0 Å². The average molecular weight is 327 g/mol. The number of methoxy groups -OCH3 is 1. The number of fused-ring (bicyclic) bond motifs is 1. The Balaban J connectivity index is 2.03. The van der Waals surface area contributed by atoms with E-state index in [1.54, 1.807) is 0 Å². The zero-order valence-corrected chi connectivity index (χ0v) is 15.1. The number of carbonyl (C=O) groups is 1. The Morgan fingerprint density at radius 1 is 1.25 bits per heavy atom. The average Bonchev–Trinajstić information content (AvgIpc) is 2.53. The number of nitrogens with zero attached hydrogens (tertiary/aromatic N) is 1. The Hall–Kier alpha value is -1.94. The highest BCUT2D eigenvalue weighted by atomic mass is 16.5. The molecule has 0 radical (unpaired) electrons. The van der Waals surface area contributed by atoms with Crippen molar-refractivity contribution in [2.45, 2.75) is 33.7 Å². The second-order valence-corrected chi connectivity index (χ2v) is 7.35. The Morgan fingerprint density at radius 2 is 1.92 bits per heavy atom. The van der Waals surface area contributed by atoms with E-state index in [0.29, 0.717) is 17.4 Å². The van der Waals surface area contributed by atoms with Crippen LogP contribution in [-0.2, 0) is 11.3 Å². The van der Waals surface area contributed by atoms with Crippen LogP contribution in [0.5, 0.6) is 0 Å². The molecule has 24 heavy (non-hydrogen) atoms. The summed E-state index contributed by atoms with van der Waals surface area (Å²) in [5.74, 6) is 1.15. The molecule has 0 amide bonds. The Bertz CT molecular complexity index is 747. The van der Waals surface area contributed by atoms with Crippen LogP contribution in [0.3, 0.4) is 0 Å². The molecule has 2 heterocycles. The summed E-state index contributed by atoms with van der Waals surface area (Å²) in [6, 6.07) is 8.01. The number of hydrogen-bond donors (Lipinski definition) is 1. The van der Waals surface area contributed by atoms with Gasteiger partial charge in [0.1, 0.15) is 12.2 Å². The van der Waals surface area contributed by atoms with Crippen molar-refractivity contribution in [2.24, 2.45) is 11.8 Å². The van der Waals surface area contributed by atoms with E-state index in [4.69, 9.17) is 9.72 Å². The predicted molar refractivity (Wildman–Crippen MR) is 95.2 cm³/mol. The van der Waals surface area contributed by atoms with Gasteiger partial charge in [0.15, 0.2) is 0 Å². The highest BCUT2D eigenvalue weighted by Crippen LogP contribution is 2.23. The fraction of sp³-hybridized carbons (Fsp3) is 0.500. The third-order valence-corrected chi connectivity index (χ3v) is 5.11. The molecule has 0 saturated carbocycles. The SMILES string of the molecule is COC(=O)c1c(C[NH+]2C[C@H](C)C[C@H](C)C2)nc2ccccc2c1C. The maximum Gasteiger partial charge on any atom is 0.340 e. The predicted octanol–water partition coefficient (Wildman–Crippen LogP) is 2.39. The number of pyridine rings is 1. The standard InChI is InChI=1S/C20H26N2O2/c1-13-9-14(2)11-22(10-13)12-18-19(20(23)24-4)15(3)16-7-5-6-8-17(16)21-18/h5-8,13-14H,9-12H2,1-4H3/p+1/t13-,14+. The Morgan fingerprint density at radius 3 is 2.58 bits per heavy atom. The summed E-state index contributed by atoms with van der Waals surface area (Å²) in [4.78, 5) is 18.7. The van der Waals surface area contributed by atoms with Crippen LogP contribution >= 0.6 is 0 Å². The molecule has 4 nitrogen and oxygen atoms in total. The highest BCUT2D eigenvalue weighted by Gasteiger charge is 2.28. The van der Waals surface area contributed by atoms with Gasteiger partial charge in [-0.05, 0) is 25.0 Å². The minimum atomic E-state index is -0.279. The quantitative estimate of drug-likeness (QED) is 0.881. The van der Waals surface area contributed by atoms with Gasteiger partial charge in [-0.25, -0.2) is 9.78 Å². The van der Waals surface area contributed by atoms with E-state index in [1.165, 1.54) is 18.4 Å². The van der Waals surface area contributed by atoms with E-state index in [9.17, 15) is 4.79 Å². The molecule has 1 fully saturated rings. The van der Waals surface area contributed by atoms with Gasteiger partial charge >= 0.3 is 5.97 Å². The number of aryl methyl sites for hydroxylation is 1. The van der Waals surface area contributed by atoms with E-state index in [-0.39, 0.29) is 5.97 Å². The van der Waals surface area contributed by atoms with E-state index < -0.39 is 0 Å². The molecule has 1 aliphatic heterocycles. The smallest absolute Gasteiger partial charge is 0.340 e. The number of aromatic nitrogens is 1. The second kappa shape index (κ2) is 6.89. The van der Waals surface area contributed by atoms with Gasteiger partial charge < -0.3 is 9.64 Å². The van der Waals surface area contributed by atoms with Gasteiger partial charge in [-0.15, -0.1) is 0 Å². The van der Waals surface area contributed by atoms with Crippen LogP contribution in [0.25, 0.3) is 10.9 Å². The number of likely N-dealkylation sites (tertiary alicyclic amines) is 1. The monoisotopic (exact) mass is 327 g/mol. The number of piperidine rings is 1. The normalized spacial score (nSPS) is 24.1. The molecule has 1 saturated heterocycles. The molecule has 1 aliphatic rings. The van der Waals surface area contributed by atoms with E-state index in [2.05, 4.69) is 13.8 Å². The second-order valence-electron chi connectivity index (χ2n) is 7.35. The molecular weight excluding hydrogens is 300 g/mol. The maximum atomic E-state index is 12.4. The maximum absolute atomic E-state index is 12.4. The number of hydrogen-bond acceptors (Lipinski definition) is 3. The summed E-state index contributed by atoms with van der Waals surface area (Å²) >= 11 is 0. The van der Waals surface area contributed by atoms with Gasteiger partial charge in [0.25, 0.3) is 0 Å². The molecule has 0 aliphatic carbocycles. The van der Waals surface area contributed by atoms with Crippen molar-refractivity contribution < 1.29 is 14.4 Å². The zero-order valence-electron chi connectivity index (χ0n) is 15.1. The first-order valence-corrected chi connectivity index (χ1v) is 8.79. The van der Waals surface area contributed by atoms with Crippen LogP contribution in [0.4, 0.5) is 0 Å². The number of esters is 1. The number of para-hydroxylation sites is 1. The lowest BCUT2D eigenvalue weighted by atomic mass is 9.91. The van der Waals surface area contributed by atoms with Gasteiger partial charge in [0.2, 0.25) is 0 Å². The lowest BCUT2D eigenvalue weighted by Gasteiger charge is -2.32. The van der Waals surface area contributed by atoms with Crippen LogP contribution in [0.1, 0.15) is 41.9 Å². The van der Waals surface area contributed by atoms with E-state index in [0.717, 1.165) is 41.8 Å². The summed E-state index contributed by atoms with van der Waals surface area (Å²) in [7, 11) is 1.44. The van der Waals surface area contributed by atoms with Gasteiger partial charge in [0, 0.05) is 17.2 Å². The first-order valence-electron chi connectivity index (χ1n) is 8.79. The van der Waals surface area contributed by atoms with Crippen molar-refractivity contribution in [1.82, 2.24) is 4.98 Å². The van der Waals surface area contributed by atoms with Crippen molar-refractivity contribution in [2.75, 3.05) is 20.2 Å². The third kappa shape index (κ3) is 3.29. The first kappa shape index (κ1) is 16.9. The third-order valence-electron chi connectivity index (χ3n) is 5.11. The van der Waals surface area contributed by atoms with Crippen LogP contribution in [0, 0.1) is 18.8 Å². The molecule has 0 spiro atoms. The minimum Gasteiger partial charge on any atom is -0.465 e. The molecular formula is C20H27N2O2+. The summed E-state index contributed by atoms with van der Waals surface area (Å²) < 4.78 is 5.05. The van der Waals surface area contributed by atoms with Gasteiger partial charge in [-0.2, -0.15) is 0 Å². The first-order chi connectivity index (χ1) is 11.5. The summed E-state index contributed by atoms with van der Waals surface area (Å²) in [5, 5.41) is 1.03. The fourth-order valence-corrected chi connectivity index (χ4v) is 4.25. The molecule has 1 aromatic carbocycles. The highest BCUT2D eigenvalue weighted by molar-refractivity contribution is 5.98. The van der Waals surface area contributed by atoms with Gasteiger partial charge in [-0.1, -0.05) is 32.0 Å².